The first-order valence-corrected chi connectivity index (χ1v) is 6.04. The van der Waals surface area contributed by atoms with Crippen molar-refractivity contribution >= 4 is 5.69 Å². The molecule has 0 bridgehead atoms. The normalized spacial score (nSPS) is 10.5. The highest BCUT2D eigenvalue weighted by Crippen LogP contribution is 2.09. The van der Waals surface area contributed by atoms with E-state index in [1.54, 1.807) is 12.1 Å². The molecule has 94 valence electrons. The van der Waals surface area contributed by atoms with Crippen LogP contribution in [0.25, 0.3) is 0 Å². The molecule has 0 atom stereocenters. The van der Waals surface area contributed by atoms with Crippen molar-refractivity contribution in [1.82, 2.24) is 5.32 Å². The molecule has 0 aliphatic heterocycles. The molecule has 0 radical (unpaired) electrons. The summed E-state index contributed by atoms with van der Waals surface area (Å²) in [5.74, 6) is -0.181. The van der Waals surface area contributed by atoms with Gasteiger partial charge in [0.1, 0.15) is 5.82 Å². The van der Waals surface area contributed by atoms with Crippen LogP contribution in [0.2, 0.25) is 0 Å². The van der Waals surface area contributed by atoms with Crippen LogP contribution in [0, 0.1) is 5.82 Å². The van der Waals surface area contributed by atoms with Gasteiger partial charge in [-0.2, -0.15) is 0 Å². The summed E-state index contributed by atoms with van der Waals surface area (Å²) in [6.45, 7) is 1.54. The molecule has 18 heavy (non-hydrogen) atoms. The monoisotopic (exact) mass is 244 g/mol. The molecule has 2 aromatic rings. The zero-order valence-electron chi connectivity index (χ0n) is 10.2. The van der Waals surface area contributed by atoms with Crippen LogP contribution in [0.5, 0.6) is 0 Å². The van der Waals surface area contributed by atoms with Gasteiger partial charge in [-0.05, 0) is 42.3 Å². The summed E-state index contributed by atoms with van der Waals surface area (Å²) in [6, 6.07) is 14.5. The molecule has 3 N–H and O–H groups in total. The third kappa shape index (κ3) is 3.57. The van der Waals surface area contributed by atoms with Crippen LogP contribution in [0.1, 0.15) is 11.1 Å². The van der Waals surface area contributed by atoms with E-state index in [1.807, 2.05) is 30.3 Å². The number of nitrogens with one attached hydrogen (secondary N) is 1. The minimum atomic E-state index is -0.181. The number of halogens is 1. The van der Waals surface area contributed by atoms with Gasteiger partial charge < -0.3 is 11.1 Å². The molecule has 0 amide bonds. The molecule has 0 spiro atoms. The van der Waals surface area contributed by atoms with Gasteiger partial charge in [-0.3, -0.25) is 0 Å². The van der Waals surface area contributed by atoms with Gasteiger partial charge in [-0.15, -0.1) is 0 Å². The standard InChI is InChI=1S/C15H17FN2/c16-14-6-3-4-12(10-14)8-9-18-11-13-5-1-2-7-15(13)17/h1-7,10,18H,8-9,11,17H2. The molecule has 0 heterocycles. The van der Waals surface area contributed by atoms with E-state index >= 15 is 0 Å². The summed E-state index contributed by atoms with van der Waals surface area (Å²) >= 11 is 0. The molecule has 3 heteroatoms. The second-order valence-electron chi connectivity index (χ2n) is 4.26. The zero-order valence-corrected chi connectivity index (χ0v) is 10.2. The van der Waals surface area contributed by atoms with Gasteiger partial charge in [-0.25, -0.2) is 4.39 Å². The van der Waals surface area contributed by atoms with Crippen LogP contribution in [0.15, 0.2) is 48.5 Å². The van der Waals surface area contributed by atoms with E-state index in [0.29, 0.717) is 0 Å². The molecule has 2 rings (SSSR count). The second-order valence-corrected chi connectivity index (χ2v) is 4.26. The number of hydrogen-bond acceptors (Lipinski definition) is 2. The Bertz CT molecular complexity index is 511. The Labute approximate surface area is 107 Å². The fourth-order valence-corrected chi connectivity index (χ4v) is 1.84. The highest BCUT2D eigenvalue weighted by Gasteiger charge is 1.98. The molecule has 0 unspecified atom stereocenters. The molecule has 0 aliphatic carbocycles. The van der Waals surface area contributed by atoms with Crippen molar-refractivity contribution in [3.05, 3.63) is 65.5 Å². The van der Waals surface area contributed by atoms with Crippen molar-refractivity contribution in [3.8, 4) is 0 Å². The van der Waals surface area contributed by atoms with Gasteiger partial charge in [0.25, 0.3) is 0 Å². The highest BCUT2D eigenvalue weighted by molar-refractivity contribution is 5.46. The lowest BCUT2D eigenvalue weighted by atomic mass is 10.1. The summed E-state index contributed by atoms with van der Waals surface area (Å²) in [7, 11) is 0. The van der Waals surface area contributed by atoms with Gasteiger partial charge in [-0.1, -0.05) is 30.3 Å². The first-order valence-electron chi connectivity index (χ1n) is 6.04. The van der Waals surface area contributed by atoms with Crippen molar-refractivity contribution in [3.63, 3.8) is 0 Å². The summed E-state index contributed by atoms with van der Waals surface area (Å²) < 4.78 is 13.0. The summed E-state index contributed by atoms with van der Waals surface area (Å²) in [6.07, 6.45) is 0.810. The van der Waals surface area contributed by atoms with Gasteiger partial charge >= 0.3 is 0 Å². The maximum atomic E-state index is 13.0. The predicted molar refractivity (Wildman–Crippen MR) is 72.7 cm³/mol. The van der Waals surface area contributed by atoms with Crippen molar-refractivity contribution in [2.45, 2.75) is 13.0 Å². The number of nitrogens with two attached hydrogens (primary N) is 1. The zero-order chi connectivity index (χ0) is 12.8. The molecule has 0 saturated carbocycles. The highest BCUT2D eigenvalue weighted by atomic mass is 19.1. The van der Waals surface area contributed by atoms with Crippen molar-refractivity contribution in [2.24, 2.45) is 0 Å². The van der Waals surface area contributed by atoms with Gasteiger partial charge in [0.2, 0.25) is 0 Å². The summed E-state index contributed by atoms with van der Waals surface area (Å²) in [5, 5.41) is 3.31. The van der Waals surface area contributed by atoms with Crippen LogP contribution in [-0.2, 0) is 13.0 Å². The maximum absolute atomic E-state index is 13.0. The fraction of sp³-hybridized carbons (Fsp3) is 0.200. The Morgan fingerprint density at radius 1 is 1.06 bits per heavy atom. The molecule has 0 aromatic heterocycles. The lowest BCUT2D eigenvalue weighted by molar-refractivity contribution is 0.622. The second kappa shape index (κ2) is 6.17. The van der Waals surface area contributed by atoms with E-state index in [1.165, 1.54) is 6.07 Å². The number of para-hydroxylation sites is 1. The molecule has 2 nitrogen and oxygen atoms in total. The van der Waals surface area contributed by atoms with E-state index < -0.39 is 0 Å². The minimum Gasteiger partial charge on any atom is -0.398 e. The van der Waals surface area contributed by atoms with E-state index in [2.05, 4.69) is 5.32 Å². The Balaban J connectivity index is 1.78. The van der Waals surface area contributed by atoms with Crippen molar-refractivity contribution in [2.75, 3.05) is 12.3 Å². The average molecular weight is 244 g/mol. The Morgan fingerprint density at radius 3 is 2.67 bits per heavy atom. The van der Waals surface area contributed by atoms with Crippen LogP contribution in [0.4, 0.5) is 10.1 Å². The summed E-state index contributed by atoms with van der Waals surface area (Å²) in [5.41, 5.74) is 8.74. The molecular weight excluding hydrogens is 227 g/mol. The quantitative estimate of drug-likeness (QED) is 0.627. The SMILES string of the molecule is Nc1ccccc1CNCCc1cccc(F)c1. The molecule has 2 aromatic carbocycles. The molecular formula is C15H17FN2. The van der Waals surface area contributed by atoms with Gasteiger partial charge in [0, 0.05) is 12.2 Å². The largest absolute Gasteiger partial charge is 0.398 e. The number of nitrogen functional groups attached to an aromatic ring is 1. The van der Waals surface area contributed by atoms with E-state index in [0.717, 1.165) is 36.3 Å². The van der Waals surface area contributed by atoms with Crippen LogP contribution >= 0.6 is 0 Å². The Morgan fingerprint density at radius 2 is 1.89 bits per heavy atom. The predicted octanol–water partition coefficient (Wildman–Crippen LogP) is 2.74. The van der Waals surface area contributed by atoms with Crippen LogP contribution in [0.3, 0.4) is 0 Å². The molecule has 0 saturated heterocycles. The third-order valence-electron chi connectivity index (χ3n) is 2.85. The Kier molecular flexibility index (Phi) is 4.31. The fourth-order valence-electron chi connectivity index (χ4n) is 1.84. The molecule has 0 fully saturated rings. The van der Waals surface area contributed by atoms with E-state index in [-0.39, 0.29) is 5.82 Å². The van der Waals surface area contributed by atoms with Crippen LogP contribution < -0.4 is 11.1 Å². The average Bonchev–Trinajstić information content (AvgIpc) is 2.37. The van der Waals surface area contributed by atoms with Crippen molar-refractivity contribution < 1.29 is 4.39 Å². The topological polar surface area (TPSA) is 38.0 Å². The Hall–Kier alpha value is -1.87. The van der Waals surface area contributed by atoms with Crippen LogP contribution in [-0.4, -0.2) is 6.54 Å². The number of benzene rings is 2. The smallest absolute Gasteiger partial charge is 0.123 e. The van der Waals surface area contributed by atoms with Gasteiger partial charge in [0.15, 0.2) is 0 Å². The maximum Gasteiger partial charge on any atom is 0.123 e. The minimum absolute atomic E-state index is 0.181. The lowest BCUT2D eigenvalue weighted by Gasteiger charge is -2.07. The van der Waals surface area contributed by atoms with Gasteiger partial charge in [0.05, 0.1) is 0 Å². The van der Waals surface area contributed by atoms with Crippen molar-refractivity contribution in [1.29, 1.82) is 0 Å². The number of anilines is 1. The lowest BCUT2D eigenvalue weighted by Crippen LogP contribution is -2.17. The molecule has 0 aliphatic rings. The third-order valence-corrected chi connectivity index (χ3v) is 2.85. The van der Waals surface area contributed by atoms with E-state index in [4.69, 9.17) is 5.73 Å². The summed E-state index contributed by atoms with van der Waals surface area (Å²) in [4.78, 5) is 0. The number of rotatable bonds is 5. The van der Waals surface area contributed by atoms with E-state index in [9.17, 15) is 4.39 Å². The first kappa shape index (κ1) is 12.6. The number of hydrogen-bond donors (Lipinski definition) is 2. The first-order chi connectivity index (χ1) is 8.75.